The monoisotopic (exact) mass is 353 g/mol. The number of amides is 1. The lowest BCUT2D eigenvalue weighted by atomic mass is 10.0. The van der Waals surface area contributed by atoms with Gasteiger partial charge in [0.1, 0.15) is 5.82 Å². The number of carbonyl (C=O) groups is 1. The molecule has 2 aromatic rings. The van der Waals surface area contributed by atoms with E-state index in [1.165, 1.54) is 0 Å². The van der Waals surface area contributed by atoms with Crippen molar-refractivity contribution in [2.75, 3.05) is 11.9 Å². The van der Waals surface area contributed by atoms with Gasteiger partial charge in [-0.1, -0.05) is 31.5 Å². The maximum absolute atomic E-state index is 13.5. The smallest absolute Gasteiger partial charge is 0.262 e. The molecule has 1 N–H and O–H groups in total. The van der Waals surface area contributed by atoms with Gasteiger partial charge in [0.05, 0.1) is 0 Å². The molecule has 24 heavy (non-hydrogen) atoms. The maximum Gasteiger partial charge on any atom is 0.262 e. The molecule has 3 nitrogen and oxygen atoms in total. The van der Waals surface area contributed by atoms with Crippen LogP contribution in [0.1, 0.15) is 25.0 Å². The summed E-state index contributed by atoms with van der Waals surface area (Å²) in [5, 5.41) is 3.36. The molecule has 1 amide bonds. The second-order valence-electron chi connectivity index (χ2n) is 5.18. The molecule has 0 aliphatic rings. The first-order chi connectivity index (χ1) is 11.5. The summed E-state index contributed by atoms with van der Waals surface area (Å²) < 4.78 is 31.5. The van der Waals surface area contributed by atoms with Crippen molar-refractivity contribution in [2.45, 2.75) is 26.7 Å². The first kappa shape index (κ1) is 18.2. The van der Waals surface area contributed by atoms with E-state index >= 15 is 0 Å². The van der Waals surface area contributed by atoms with Gasteiger partial charge in [-0.3, -0.25) is 4.79 Å². The van der Waals surface area contributed by atoms with Gasteiger partial charge in [-0.05, 0) is 42.2 Å². The Labute approximate surface area is 144 Å². The van der Waals surface area contributed by atoms with Crippen molar-refractivity contribution < 1.29 is 18.3 Å². The minimum absolute atomic E-state index is 0.177. The van der Waals surface area contributed by atoms with Gasteiger partial charge in [0.25, 0.3) is 5.91 Å². The summed E-state index contributed by atoms with van der Waals surface area (Å²) in [6.45, 7) is 3.53. The Morgan fingerprint density at radius 1 is 1.17 bits per heavy atom. The number of ether oxygens (including phenoxy) is 1. The molecular formula is C18H18ClF2NO2. The average molecular weight is 354 g/mol. The number of aryl methyl sites for hydroxylation is 1. The van der Waals surface area contributed by atoms with Gasteiger partial charge in [-0.25, -0.2) is 8.78 Å². The first-order valence-electron chi connectivity index (χ1n) is 7.64. The highest BCUT2D eigenvalue weighted by atomic mass is 35.5. The Balaban J connectivity index is 2.11. The molecule has 0 aromatic heterocycles. The van der Waals surface area contributed by atoms with Gasteiger partial charge in [0.2, 0.25) is 0 Å². The van der Waals surface area contributed by atoms with E-state index in [-0.39, 0.29) is 12.4 Å². The van der Waals surface area contributed by atoms with E-state index in [1.807, 2.05) is 19.9 Å². The highest BCUT2D eigenvalue weighted by molar-refractivity contribution is 6.32. The lowest BCUT2D eigenvalue weighted by Crippen LogP contribution is -2.22. The van der Waals surface area contributed by atoms with E-state index in [0.29, 0.717) is 23.2 Å². The third-order valence-electron chi connectivity index (χ3n) is 3.59. The summed E-state index contributed by atoms with van der Waals surface area (Å²) >= 11 is 6.18. The van der Waals surface area contributed by atoms with Crippen molar-refractivity contribution in [3.8, 4) is 5.75 Å². The minimum Gasteiger partial charge on any atom is -0.481 e. The summed E-state index contributed by atoms with van der Waals surface area (Å²) in [5.41, 5.74) is 2.47. The van der Waals surface area contributed by atoms with Crippen molar-refractivity contribution in [3.63, 3.8) is 0 Å². The second-order valence-corrected chi connectivity index (χ2v) is 5.59. The zero-order valence-corrected chi connectivity index (χ0v) is 14.2. The van der Waals surface area contributed by atoms with Gasteiger partial charge in [0.15, 0.2) is 18.2 Å². The summed E-state index contributed by atoms with van der Waals surface area (Å²) in [6.07, 6.45) is 1.39. The molecule has 2 aromatic carbocycles. The van der Waals surface area contributed by atoms with Crippen molar-refractivity contribution in [1.29, 1.82) is 0 Å². The van der Waals surface area contributed by atoms with Gasteiger partial charge >= 0.3 is 0 Å². The first-order valence-corrected chi connectivity index (χ1v) is 8.02. The van der Waals surface area contributed by atoms with E-state index in [4.69, 9.17) is 16.3 Å². The largest absolute Gasteiger partial charge is 0.481 e. The Hall–Kier alpha value is -2.14. The molecular weight excluding hydrogens is 336 g/mol. The topological polar surface area (TPSA) is 38.3 Å². The fourth-order valence-corrected chi connectivity index (χ4v) is 2.67. The van der Waals surface area contributed by atoms with Crippen LogP contribution in [0.25, 0.3) is 0 Å². The summed E-state index contributed by atoms with van der Waals surface area (Å²) in [6, 6.07) is 6.58. The number of benzene rings is 2. The second kappa shape index (κ2) is 8.11. The highest BCUT2D eigenvalue weighted by Crippen LogP contribution is 2.29. The van der Waals surface area contributed by atoms with Crippen molar-refractivity contribution >= 4 is 23.2 Å². The zero-order chi connectivity index (χ0) is 17.7. The standard InChI is InChI=1S/C18H18ClF2NO2/c1-3-11-5-7-14(19)13(4-2)18(11)22-17(23)10-24-16-8-6-12(20)9-15(16)21/h5-9H,3-4,10H2,1-2H3,(H,22,23). The summed E-state index contributed by atoms with van der Waals surface area (Å²) in [7, 11) is 0. The normalized spacial score (nSPS) is 10.5. The minimum atomic E-state index is -0.853. The quantitative estimate of drug-likeness (QED) is 0.813. The molecule has 0 atom stereocenters. The van der Waals surface area contributed by atoms with Crippen LogP contribution in [-0.4, -0.2) is 12.5 Å². The van der Waals surface area contributed by atoms with E-state index in [9.17, 15) is 13.6 Å². The molecule has 0 saturated heterocycles. The Morgan fingerprint density at radius 3 is 2.54 bits per heavy atom. The molecule has 0 radical (unpaired) electrons. The Kier molecular flexibility index (Phi) is 6.15. The number of hydrogen-bond acceptors (Lipinski definition) is 2. The molecule has 2 rings (SSSR count). The van der Waals surface area contributed by atoms with Crippen molar-refractivity contribution in [3.05, 3.63) is 58.1 Å². The number of carbonyl (C=O) groups excluding carboxylic acids is 1. The van der Waals surface area contributed by atoms with E-state index in [0.717, 1.165) is 29.7 Å². The molecule has 0 bridgehead atoms. The molecule has 0 aliphatic carbocycles. The molecule has 128 valence electrons. The van der Waals surface area contributed by atoms with Crippen LogP contribution < -0.4 is 10.1 Å². The average Bonchev–Trinajstić information content (AvgIpc) is 2.54. The lowest BCUT2D eigenvalue weighted by molar-refractivity contribution is -0.118. The molecule has 0 fully saturated rings. The van der Waals surface area contributed by atoms with Gasteiger partial charge < -0.3 is 10.1 Å². The molecule has 6 heteroatoms. The molecule has 0 spiro atoms. The fraction of sp³-hybridized carbons (Fsp3) is 0.278. The Morgan fingerprint density at radius 2 is 1.92 bits per heavy atom. The third-order valence-corrected chi connectivity index (χ3v) is 3.95. The molecule has 0 saturated carbocycles. The number of halogens is 3. The number of hydrogen-bond donors (Lipinski definition) is 1. The van der Waals surface area contributed by atoms with Crippen LogP contribution in [0.5, 0.6) is 5.75 Å². The zero-order valence-electron chi connectivity index (χ0n) is 13.5. The van der Waals surface area contributed by atoms with E-state index < -0.39 is 17.5 Å². The van der Waals surface area contributed by atoms with Crippen LogP contribution >= 0.6 is 11.6 Å². The summed E-state index contributed by atoms with van der Waals surface area (Å²) in [4.78, 5) is 12.1. The molecule has 0 unspecified atom stereocenters. The SMILES string of the molecule is CCc1ccc(Cl)c(CC)c1NC(=O)COc1ccc(F)cc1F. The van der Waals surface area contributed by atoms with Crippen LogP contribution in [0.4, 0.5) is 14.5 Å². The lowest BCUT2D eigenvalue weighted by Gasteiger charge is -2.16. The number of nitrogens with one attached hydrogen (secondary N) is 1. The number of rotatable bonds is 6. The van der Waals surface area contributed by atoms with Crippen molar-refractivity contribution in [2.24, 2.45) is 0 Å². The van der Waals surface area contributed by atoms with Crippen LogP contribution in [0.15, 0.2) is 30.3 Å². The predicted octanol–water partition coefficient (Wildman–Crippen LogP) is 4.76. The fourth-order valence-electron chi connectivity index (χ4n) is 2.38. The van der Waals surface area contributed by atoms with Crippen LogP contribution in [0, 0.1) is 11.6 Å². The maximum atomic E-state index is 13.5. The van der Waals surface area contributed by atoms with Crippen LogP contribution in [0.2, 0.25) is 5.02 Å². The van der Waals surface area contributed by atoms with Gasteiger partial charge in [-0.15, -0.1) is 0 Å². The van der Waals surface area contributed by atoms with E-state index in [1.54, 1.807) is 6.07 Å². The van der Waals surface area contributed by atoms with Crippen molar-refractivity contribution in [1.82, 2.24) is 0 Å². The van der Waals surface area contributed by atoms with Gasteiger partial charge in [-0.2, -0.15) is 0 Å². The van der Waals surface area contributed by atoms with Gasteiger partial charge in [0, 0.05) is 16.8 Å². The highest BCUT2D eigenvalue weighted by Gasteiger charge is 2.14. The third kappa shape index (κ3) is 4.23. The van der Waals surface area contributed by atoms with Crippen LogP contribution in [-0.2, 0) is 17.6 Å². The molecule has 0 aliphatic heterocycles. The summed E-state index contributed by atoms with van der Waals surface area (Å²) in [5.74, 6) is -2.17. The van der Waals surface area contributed by atoms with E-state index in [2.05, 4.69) is 5.32 Å². The molecule has 0 heterocycles. The number of anilines is 1. The Bertz CT molecular complexity index is 750. The predicted molar refractivity (Wildman–Crippen MR) is 90.7 cm³/mol. The van der Waals surface area contributed by atoms with Crippen LogP contribution in [0.3, 0.4) is 0 Å².